The van der Waals surface area contributed by atoms with E-state index >= 15 is 0 Å². The summed E-state index contributed by atoms with van der Waals surface area (Å²) in [5.74, 6) is -1.17. The number of aromatic nitrogens is 2. The Balaban J connectivity index is 1.91. The minimum Gasteiger partial charge on any atom is -0.444 e. The Morgan fingerprint density at radius 1 is 1.23 bits per heavy atom. The first kappa shape index (κ1) is 19.6. The Hall–Kier alpha value is -2.74. The molecule has 0 radical (unpaired) electrons. The zero-order chi connectivity index (χ0) is 19.3. The van der Waals surface area contributed by atoms with Crippen LogP contribution in [0.15, 0.2) is 30.6 Å². The topological polar surface area (TPSA) is 93.2 Å². The molecular weight excluding hydrogens is 363 g/mol. The number of ether oxygens (including phenoxy) is 1. The number of halogens is 2. The molecule has 2 aromatic rings. The van der Waals surface area contributed by atoms with Crippen LogP contribution in [0.1, 0.15) is 36.8 Å². The van der Waals surface area contributed by atoms with E-state index in [0.717, 1.165) is 6.07 Å². The third-order valence-corrected chi connectivity index (χ3v) is 3.14. The summed E-state index contributed by atoms with van der Waals surface area (Å²) in [5.41, 5.74) is -0.299. The van der Waals surface area contributed by atoms with Crippen LogP contribution in [0.3, 0.4) is 0 Å². The van der Waals surface area contributed by atoms with Gasteiger partial charge in [-0.1, -0.05) is 17.7 Å². The van der Waals surface area contributed by atoms with Crippen LogP contribution in [0, 0.1) is 5.82 Å². The van der Waals surface area contributed by atoms with Crippen molar-refractivity contribution in [1.82, 2.24) is 15.3 Å². The second-order valence-electron chi connectivity index (χ2n) is 6.35. The molecule has 0 aromatic carbocycles. The van der Waals surface area contributed by atoms with Crippen LogP contribution in [0.5, 0.6) is 0 Å². The second kappa shape index (κ2) is 8.09. The summed E-state index contributed by atoms with van der Waals surface area (Å²) in [6.07, 6.45) is 2.05. The number of hydrogen-bond donors (Lipinski definition) is 2. The van der Waals surface area contributed by atoms with Crippen LogP contribution in [0.4, 0.5) is 15.0 Å². The van der Waals surface area contributed by atoms with Crippen LogP contribution in [0.2, 0.25) is 5.02 Å². The maximum atomic E-state index is 13.6. The first-order valence-corrected chi connectivity index (χ1v) is 8.06. The predicted octanol–water partition coefficient (Wildman–Crippen LogP) is 3.55. The van der Waals surface area contributed by atoms with Gasteiger partial charge in [-0.2, -0.15) is 0 Å². The quantitative estimate of drug-likeness (QED) is 0.846. The van der Waals surface area contributed by atoms with Gasteiger partial charge in [0.15, 0.2) is 11.5 Å². The summed E-state index contributed by atoms with van der Waals surface area (Å²) >= 11 is 5.60. The number of pyridine rings is 2. The minimum atomic E-state index is -0.801. The zero-order valence-electron chi connectivity index (χ0n) is 14.5. The monoisotopic (exact) mass is 380 g/mol. The van der Waals surface area contributed by atoms with Gasteiger partial charge in [0.25, 0.3) is 5.91 Å². The number of carbonyl (C=O) groups excluding carboxylic acids is 2. The van der Waals surface area contributed by atoms with Gasteiger partial charge in [0.05, 0.1) is 5.02 Å². The lowest BCUT2D eigenvalue weighted by Crippen LogP contribution is -2.27. The molecule has 138 valence electrons. The van der Waals surface area contributed by atoms with Crippen molar-refractivity contribution in [2.75, 3.05) is 5.32 Å². The smallest absolute Gasteiger partial charge is 0.413 e. The zero-order valence-corrected chi connectivity index (χ0v) is 15.2. The summed E-state index contributed by atoms with van der Waals surface area (Å²) in [7, 11) is 0. The van der Waals surface area contributed by atoms with E-state index in [1.165, 1.54) is 12.4 Å². The summed E-state index contributed by atoms with van der Waals surface area (Å²) in [4.78, 5) is 31.3. The second-order valence-corrected chi connectivity index (χ2v) is 6.78. The number of hydrogen-bond acceptors (Lipinski definition) is 5. The summed E-state index contributed by atoms with van der Waals surface area (Å²) in [6.45, 7) is 5.38. The Kier molecular flexibility index (Phi) is 6.10. The van der Waals surface area contributed by atoms with E-state index < -0.39 is 23.4 Å². The molecule has 0 aliphatic heterocycles. The fraction of sp³-hybridized carbons (Fsp3) is 0.294. The van der Waals surface area contributed by atoms with Crippen LogP contribution in [0.25, 0.3) is 0 Å². The molecule has 0 bridgehead atoms. The molecule has 2 amide bonds. The van der Waals surface area contributed by atoms with Gasteiger partial charge >= 0.3 is 6.09 Å². The van der Waals surface area contributed by atoms with Crippen molar-refractivity contribution in [2.45, 2.75) is 32.9 Å². The van der Waals surface area contributed by atoms with Crippen LogP contribution in [-0.4, -0.2) is 27.6 Å². The third kappa shape index (κ3) is 5.96. The van der Waals surface area contributed by atoms with Crippen LogP contribution >= 0.6 is 11.6 Å². The highest BCUT2D eigenvalue weighted by Gasteiger charge is 2.17. The standard InChI is InChI=1S/C17H18ClFN4O3/c1-17(2,3)26-16(25)23-13-5-4-10(7-20-13)8-22-15(24)14-12(19)6-11(18)9-21-14/h4-7,9H,8H2,1-3H3,(H,22,24)(H,20,23,25). The molecule has 9 heteroatoms. The molecule has 0 atom stereocenters. The highest BCUT2D eigenvalue weighted by atomic mass is 35.5. The Morgan fingerprint density at radius 2 is 1.96 bits per heavy atom. The van der Waals surface area contributed by atoms with Gasteiger partial charge in [-0.3, -0.25) is 10.1 Å². The van der Waals surface area contributed by atoms with Crippen molar-refractivity contribution in [2.24, 2.45) is 0 Å². The number of nitrogens with zero attached hydrogens (tertiary/aromatic N) is 2. The number of carbonyl (C=O) groups is 2. The lowest BCUT2D eigenvalue weighted by molar-refractivity contribution is 0.0635. The molecule has 0 saturated carbocycles. The first-order valence-electron chi connectivity index (χ1n) is 7.68. The van der Waals surface area contributed by atoms with Gasteiger partial charge in [-0.15, -0.1) is 0 Å². The molecule has 26 heavy (non-hydrogen) atoms. The average Bonchev–Trinajstić information content (AvgIpc) is 2.52. The van der Waals surface area contributed by atoms with E-state index in [2.05, 4.69) is 20.6 Å². The van der Waals surface area contributed by atoms with Crippen LogP contribution in [-0.2, 0) is 11.3 Å². The van der Waals surface area contributed by atoms with E-state index in [0.29, 0.717) is 11.4 Å². The maximum absolute atomic E-state index is 13.6. The fourth-order valence-electron chi connectivity index (χ4n) is 1.86. The molecule has 2 aromatic heterocycles. The van der Waals surface area contributed by atoms with Gasteiger partial charge < -0.3 is 10.1 Å². The van der Waals surface area contributed by atoms with E-state index in [-0.39, 0.29) is 17.3 Å². The van der Waals surface area contributed by atoms with E-state index in [1.807, 2.05) is 0 Å². The van der Waals surface area contributed by atoms with Gasteiger partial charge in [-0.05, 0) is 38.5 Å². The van der Waals surface area contributed by atoms with Gasteiger partial charge in [-0.25, -0.2) is 19.2 Å². The summed E-state index contributed by atoms with van der Waals surface area (Å²) in [6, 6.07) is 4.24. The van der Waals surface area contributed by atoms with Gasteiger partial charge in [0.1, 0.15) is 11.4 Å². The largest absolute Gasteiger partial charge is 0.444 e. The average molecular weight is 381 g/mol. The van der Waals surface area contributed by atoms with Crippen molar-refractivity contribution in [3.63, 3.8) is 0 Å². The van der Waals surface area contributed by atoms with Crippen molar-refractivity contribution in [3.8, 4) is 0 Å². The van der Waals surface area contributed by atoms with Crippen molar-refractivity contribution >= 4 is 29.4 Å². The van der Waals surface area contributed by atoms with Crippen molar-refractivity contribution in [1.29, 1.82) is 0 Å². The molecule has 7 nitrogen and oxygen atoms in total. The number of rotatable bonds is 4. The molecule has 2 N–H and O–H groups in total. The predicted molar refractivity (Wildman–Crippen MR) is 94.5 cm³/mol. The van der Waals surface area contributed by atoms with Crippen LogP contribution < -0.4 is 10.6 Å². The third-order valence-electron chi connectivity index (χ3n) is 2.93. The van der Waals surface area contributed by atoms with E-state index in [1.54, 1.807) is 32.9 Å². The van der Waals surface area contributed by atoms with Gasteiger partial charge in [0, 0.05) is 18.9 Å². The molecular formula is C17H18ClFN4O3. The fourth-order valence-corrected chi connectivity index (χ4v) is 2.00. The van der Waals surface area contributed by atoms with Gasteiger partial charge in [0.2, 0.25) is 0 Å². The first-order chi connectivity index (χ1) is 12.1. The highest BCUT2D eigenvalue weighted by Crippen LogP contribution is 2.12. The Bertz CT molecular complexity index is 807. The number of anilines is 1. The molecule has 0 aliphatic rings. The van der Waals surface area contributed by atoms with E-state index in [4.69, 9.17) is 16.3 Å². The maximum Gasteiger partial charge on any atom is 0.413 e. The number of nitrogens with one attached hydrogen (secondary N) is 2. The number of amides is 2. The molecule has 0 aliphatic carbocycles. The normalized spacial score (nSPS) is 11.0. The molecule has 0 saturated heterocycles. The van der Waals surface area contributed by atoms with Crippen molar-refractivity contribution in [3.05, 3.63) is 52.7 Å². The Morgan fingerprint density at radius 3 is 2.54 bits per heavy atom. The van der Waals surface area contributed by atoms with E-state index in [9.17, 15) is 14.0 Å². The molecule has 2 rings (SSSR count). The summed E-state index contributed by atoms with van der Waals surface area (Å²) in [5, 5.41) is 5.14. The lowest BCUT2D eigenvalue weighted by atomic mass is 10.2. The molecule has 0 spiro atoms. The molecule has 0 unspecified atom stereocenters. The minimum absolute atomic E-state index is 0.108. The lowest BCUT2D eigenvalue weighted by Gasteiger charge is -2.19. The molecule has 2 heterocycles. The highest BCUT2D eigenvalue weighted by molar-refractivity contribution is 6.30. The van der Waals surface area contributed by atoms with Crippen molar-refractivity contribution < 1.29 is 18.7 Å². The Labute approximate surface area is 154 Å². The summed E-state index contributed by atoms with van der Waals surface area (Å²) < 4.78 is 18.8. The SMILES string of the molecule is CC(C)(C)OC(=O)Nc1ccc(CNC(=O)c2ncc(Cl)cc2F)cn1. The molecule has 0 fully saturated rings.